The molecule has 0 aliphatic heterocycles. The lowest BCUT2D eigenvalue weighted by Gasteiger charge is -2.24. The smallest absolute Gasteiger partial charge is 0.377 e. The molecule has 0 N–H and O–H groups in total. The molecule has 0 fully saturated rings. The lowest BCUT2D eigenvalue weighted by atomic mass is 10.1. The van der Waals surface area contributed by atoms with Crippen LogP contribution >= 0.6 is 22.6 Å². The molecule has 0 bridgehead atoms. The first-order valence-corrected chi connectivity index (χ1v) is 8.94. The molecule has 0 saturated carbocycles. The van der Waals surface area contributed by atoms with Crippen molar-refractivity contribution in [3.05, 3.63) is 35.4 Å². The molecule has 3 nitrogen and oxygen atoms in total. The van der Waals surface area contributed by atoms with Crippen LogP contribution in [0.15, 0.2) is 24.3 Å². The summed E-state index contributed by atoms with van der Waals surface area (Å²) in [6.45, 7) is 0. The van der Waals surface area contributed by atoms with E-state index in [0.29, 0.717) is 0 Å². The first-order chi connectivity index (χ1) is 8.19. The monoisotopic (exact) mass is 366 g/mol. The summed E-state index contributed by atoms with van der Waals surface area (Å²) >= 11 is 2.36. The fraction of sp³-hybridized carbons (Fsp3) is 0.500. The van der Waals surface area contributed by atoms with Crippen LogP contribution in [0.1, 0.15) is 11.1 Å². The maximum atomic E-state index is 5.40. The molecule has 0 aliphatic carbocycles. The second kappa shape index (κ2) is 7.47. The zero-order valence-electron chi connectivity index (χ0n) is 10.5. The first kappa shape index (κ1) is 15.1. The largest absolute Gasteiger partial charge is 0.500 e. The minimum absolute atomic E-state index is 0.806. The molecule has 0 spiro atoms. The van der Waals surface area contributed by atoms with Crippen molar-refractivity contribution in [1.82, 2.24) is 0 Å². The molecule has 1 aromatic rings. The second-order valence-electron chi connectivity index (χ2n) is 3.75. The molecule has 0 aromatic heterocycles. The molecule has 0 radical (unpaired) electrons. The number of halogens is 1. The van der Waals surface area contributed by atoms with Gasteiger partial charge in [0, 0.05) is 31.8 Å². The van der Waals surface area contributed by atoms with Crippen molar-refractivity contribution in [2.24, 2.45) is 0 Å². The Hall–Kier alpha value is 0.0469. The van der Waals surface area contributed by atoms with E-state index in [1.54, 1.807) is 21.3 Å². The molecule has 17 heavy (non-hydrogen) atoms. The Morgan fingerprint density at radius 1 is 0.941 bits per heavy atom. The summed E-state index contributed by atoms with van der Waals surface area (Å²) in [6.07, 6.45) is 0.920. The summed E-state index contributed by atoms with van der Waals surface area (Å²) in [4.78, 5) is 0. The molecular weight excluding hydrogens is 347 g/mol. The van der Waals surface area contributed by atoms with Crippen LogP contribution in [0.5, 0.6) is 0 Å². The number of rotatable bonds is 7. The maximum Gasteiger partial charge on any atom is 0.500 e. The summed E-state index contributed by atoms with van der Waals surface area (Å²) in [7, 11) is 2.53. The van der Waals surface area contributed by atoms with Crippen LogP contribution in [0.3, 0.4) is 0 Å². The third kappa shape index (κ3) is 4.33. The van der Waals surface area contributed by atoms with Gasteiger partial charge in [-0.1, -0.05) is 46.9 Å². The molecule has 0 atom stereocenters. The van der Waals surface area contributed by atoms with Crippen molar-refractivity contribution in [1.29, 1.82) is 0 Å². The van der Waals surface area contributed by atoms with Gasteiger partial charge in [-0.25, -0.2) is 0 Å². The van der Waals surface area contributed by atoms with Crippen LogP contribution in [-0.4, -0.2) is 30.1 Å². The highest BCUT2D eigenvalue weighted by atomic mass is 127. The van der Waals surface area contributed by atoms with Gasteiger partial charge in [-0.15, -0.1) is 0 Å². The van der Waals surface area contributed by atoms with E-state index in [9.17, 15) is 0 Å². The molecular formula is C12H19IO3Si. The first-order valence-electron chi connectivity index (χ1n) is 5.49. The van der Waals surface area contributed by atoms with Crippen molar-refractivity contribution < 1.29 is 13.3 Å². The van der Waals surface area contributed by atoms with Crippen molar-refractivity contribution in [2.75, 3.05) is 21.3 Å². The third-order valence-electron chi connectivity index (χ3n) is 2.83. The molecule has 96 valence electrons. The summed E-state index contributed by atoms with van der Waals surface area (Å²) in [5, 5.41) is 0. The van der Waals surface area contributed by atoms with Gasteiger partial charge in [-0.05, 0) is 17.5 Å². The number of benzene rings is 1. The van der Waals surface area contributed by atoms with Gasteiger partial charge in [-0.3, -0.25) is 0 Å². The van der Waals surface area contributed by atoms with Gasteiger partial charge in [0.05, 0.1) is 0 Å². The molecule has 5 heteroatoms. The van der Waals surface area contributed by atoms with Crippen LogP contribution in [0, 0.1) is 0 Å². The number of hydrogen-bond donors (Lipinski definition) is 0. The van der Waals surface area contributed by atoms with Crippen molar-refractivity contribution in [3.63, 3.8) is 0 Å². The SMILES string of the molecule is CO[Si](CCc1ccc(CI)cc1)(OC)OC. The highest BCUT2D eigenvalue weighted by Gasteiger charge is 2.36. The molecule has 0 heterocycles. The predicted molar refractivity (Wildman–Crippen MR) is 79.5 cm³/mol. The minimum atomic E-state index is -2.42. The summed E-state index contributed by atoms with van der Waals surface area (Å²) in [5.41, 5.74) is 2.64. The van der Waals surface area contributed by atoms with E-state index in [1.807, 2.05) is 0 Å². The quantitative estimate of drug-likeness (QED) is 0.422. The lowest BCUT2D eigenvalue weighted by molar-refractivity contribution is 0.123. The average molecular weight is 366 g/mol. The number of alkyl halides is 1. The van der Waals surface area contributed by atoms with Crippen LogP contribution in [0.4, 0.5) is 0 Å². The van der Waals surface area contributed by atoms with E-state index in [2.05, 4.69) is 46.9 Å². The van der Waals surface area contributed by atoms with Crippen LogP contribution in [0.2, 0.25) is 6.04 Å². The summed E-state index contributed by atoms with van der Waals surface area (Å²) in [6, 6.07) is 9.46. The van der Waals surface area contributed by atoms with E-state index in [4.69, 9.17) is 13.3 Å². The fourth-order valence-corrected chi connectivity index (χ4v) is 3.86. The lowest BCUT2D eigenvalue weighted by Crippen LogP contribution is -2.43. The van der Waals surface area contributed by atoms with Crippen LogP contribution in [-0.2, 0) is 24.1 Å². The Morgan fingerprint density at radius 3 is 1.82 bits per heavy atom. The normalized spacial score (nSPS) is 11.8. The van der Waals surface area contributed by atoms with Gasteiger partial charge < -0.3 is 13.3 Å². The predicted octanol–water partition coefficient (Wildman–Crippen LogP) is 3.04. The highest BCUT2D eigenvalue weighted by molar-refractivity contribution is 14.1. The molecule has 0 aliphatic rings. The van der Waals surface area contributed by atoms with Crippen LogP contribution in [0.25, 0.3) is 0 Å². The molecule has 0 amide bonds. The Bertz CT molecular complexity index is 317. The van der Waals surface area contributed by atoms with Gasteiger partial charge >= 0.3 is 8.80 Å². The summed E-state index contributed by atoms with van der Waals surface area (Å²) in [5.74, 6) is 0. The molecule has 1 rings (SSSR count). The molecule has 0 unspecified atom stereocenters. The molecule has 0 saturated heterocycles. The standard InChI is InChI=1S/C12H19IO3Si/c1-14-17(15-2,16-3)9-8-11-4-6-12(10-13)7-5-11/h4-7H,8-10H2,1-3H3. The maximum absolute atomic E-state index is 5.40. The zero-order chi connectivity index (χ0) is 12.7. The zero-order valence-corrected chi connectivity index (χ0v) is 13.7. The van der Waals surface area contributed by atoms with Gasteiger partial charge in [0.2, 0.25) is 0 Å². The highest BCUT2D eigenvalue weighted by Crippen LogP contribution is 2.17. The van der Waals surface area contributed by atoms with Crippen molar-refractivity contribution in [2.45, 2.75) is 16.9 Å². The topological polar surface area (TPSA) is 27.7 Å². The van der Waals surface area contributed by atoms with E-state index in [0.717, 1.165) is 16.9 Å². The van der Waals surface area contributed by atoms with Gasteiger partial charge in [0.15, 0.2) is 0 Å². The van der Waals surface area contributed by atoms with E-state index in [-0.39, 0.29) is 0 Å². The van der Waals surface area contributed by atoms with Gasteiger partial charge in [-0.2, -0.15) is 0 Å². The van der Waals surface area contributed by atoms with E-state index in [1.165, 1.54) is 11.1 Å². The Morgan fingerprint density at radius 2 is 1.41 bits per heavy atom. The average Bonchev–Trinajstić information content (AvgIpc) is 2.41. The molecule has 1 aromatic carbocycles. The van der Waals surface area contributed by atoms with E-state index >= 15 is 0 Å². The second-order valence-corrected chi connectivity index (χ2v) is 7.60. The van der Waals surface area contributed by atoms with Gasteiger partial charge in [0.25, 0.3) is 0 Å². The van der Waals surface area contributed by atoms with Crippen LogP contribution < -0.4 is 0 Å². The Kier molecular flexibility index (Phi) is 6.64. The van der Waals surface area contributed by atoms with Gasteiger partial charge in [0.1, 0.15) is 0 Å². The third-order valence-corrected chi connectivity index (χ3v) is 6.44. The number of aryl methyl sites for hydroxylation is 1. The van der Waals surface area contributed by atoms with Crippen molar-refractivity contribution in [3.8, 4) is 0 Å². The Labute approximate surface area is 118 Å². The Balaban J connectivity index is 2.59. The van der Waals surface area contributed by atoms with Crippen molar-refractivity contribution >= 4 is 31.4 Å². The minimum Gasteiger partial charge on any atom is -0.377 e. The fourth-order valence-electron chi connectivity index (χ4n) is 1.65. The summed E-state index contributed by atoms with van der Waals surface area (Å²) < 4.78 is 17.2. The number of hydrogen-bond acceptors (Lipinski definition) is 3. The van der Waals surface area contributed by atoms with E-state index < -0.39 is 8.80 Å².